The Labute approximate surface area is 149 Å². The van der Waals surface area contributed by atoms with Gasteiger partial charge in [-0.2, -0.15) is 5.26 Å². The van der Waals surface area contributed by atoms with Crippen LogP contribution in [0.15, 0.2) is 18.2 Å². The summed E-state index contributed by atoms with van der Waals surface area (Å²) < 4.78 is 22.8. The van der Waals surface area contributed by atoms with Gasteiger partial charge < -0.3 is 18.9 Å². The molecule has 1 aromatic rings. The minimum Gasteiger partial charge on any atom is -0.493 e. The fraction of sp³-hybridized carbons (Fsp3) is 0.632. The first kappa shape index (κ1) is 18.0. The summed E-state index contributed by atoms with van der Waals surface area (Å²) in [6, 6.07) is 7.34. The van der Waals surface area contributed by atoms with Crippen LogP contribution in [0.4, 0.5) is 0 Å². The summed E-state index contributed by atoms with van der Waals surface area (Å²) >= 11 is 0. The predicted molar refractivity (Wildman–Crippen MR) is 93.0 cm³/mol. The summed E-state index contributed by atoms with van der Waals surface area (Å²) in [7, 11) is 1.59. The quantitative estimate of drug-likeness (QED) is 0.815. The molecule has 2 aliphatic rings. The Kier molecular flexibility index (Phi) is 6.14. The van der Waals surface area contributed by atoms with E-state index in [4.69, 9.17) is 24.2 Å². The molecule has 0 aromatic heterocycles. The Balaban J connectivity index is 1.48. The van der Waals surface area contributed by atoms with Gasteiger partial charge in [-0.3, -0.25) is 4.90 Å². The van der Waals surface area contributed by atoms with Gasteiger partial charge in [0.1, 0.15) is 6.61 Å². The number of ether oxygens (including phenoxy) is 4. The monoisotopic (exact) mass is 346 g/mol. The number of hydrogen-bond donors (Lipinski definition) is 0. The average Bonchev–Trinajstić information content (AvgIpc) is 2.85. The van der Waals surface area contributed by atoms with E-state index in [0.717, 1.165) is 58.7 Å². The first-order chi connectivity index (χ1) is 12.2. The third-order valence-corrected chi connectivity index (χ3v) is 5.06. The van der Waals surface area contributed by atoms with Crippen molar-refractivity contribution in [2.45, 2.75) is 24.9 Å². The van der Waals surface area contributed by atoms with Gasteiger partial charge >= 0.3 is 0 Å². The lowest BCUT2D eigenvalue weighted by atomic mass is 9.90. The van der Waals surface area contributed by atoms with Crippen LogP contribution in [0.25, 0.3) is 0 Å². The lowest BCUT2D eigenvalue weighted by molar-refractivity contribution is -0.105. The molecule has 136 valence electrons. The normalized spacial score (nSPS) is 20.6. The van der Waals surface area contributed by atoms with Crippen LogP contribution in [-0.2, 0) is 9.47 Å². The molecule has 1 spiro atoms. The van der Waals surface area contributed by atoms with Crippen LogP contribution >= 0.6 is 0 Å². The van der Waals surface area contributed by atoms with E-state index in [9.17, 15) is 0 Å². The molecule has 6 heteroatoms. The van der Waals surface area contributed by atoms with Crippen molar-refractivity contribution in [1.82, 2.24) is 4.90 Å². The molecular weight excluding hydrogens is 320 g/mol. The molecule has 0 N–H and O–H groups in total. The topological polar surface area (TPSA) is 64.0 Å². The van der Waals surface area contributed by atoms with Gasteiger partial charge in [0.2, 0.25) is 0 Å². The third-order valence-electron chi connectivity index (χ3n) is 5.06. The van der Waals surface area contributed by atoms with Gasteiger partial charge in [-0.05, 0) is 31.4 Å². The largest absolute Gasteiger partial charge is 0.493 e. The molecule has 0 aliphatic carbocycles. The van der Waals surface area contributed by atoms with Gasteiger partial charge in [0.15, 0.2) is 11.5 Å². The van der Waals surface area contributed by atoms with Crippen LogP contribution in [0.1, 0.15) is 24.8 Å². The van der Waals surface area contributed by atoms with E-state index in [2.05, 4.69) is 11.0 Å². The molecule has 25 heavy (non-hydrogen) atoms. The van der Waals surface area contributed by atoms with Crippen molar-refractivity contribution in [2.75, 3.05) is 53.2 Å². The third kappa shape index (κ3) is 4.63. The van der Waals surface area contributed by atoms with Crippen LogP contribution < -0.4 is 9.47 Å². The van der Waals surface area contributed by atoms with E-state index in [1.54, 1.807) is 25.3 Å². The SMILES string of the molecule is COc1cc(C#N)ccc1OCCN1CCOC2(CCOCC2)CC1. The van der Waals surface area contributed by atoms with E-state index < -0.39 is 0 Å². The smallest absolute Gasteiger partial charge is 0.162 e. The molecule has 3 rings (SSSR count). The molecule has 6 nitrogen and oxygen atoms in total. The fourth-order valence-electron chi connectivity index (χ4n) is 3.44. The van der Waals surface area contributed by atoms with Crippen LogP contribution in [-0.4, -0.2) is 63.7 Å². The van der Waals surface area contributed by atoms with Crippen molar-refractivity contribution in [3.8, 4) is 17.6 Å². The predicted octanol–water partition coefficient (Wildman–Crippen LogP) is 2.22. The summed E-state index contributed by atoms with van der Waals surface area (Å²) in [5.41, 5.74) is 0.583. The van der Waals surface area contributed by atoms with Gasteiger partial charge in [-0.15, -0.1) is 0 Å². The summed E-state index contributed by atoms with van der Waals surface area (Å²) in [6.07, 6.45) is 3.05. The minimum absolute atomic E-state index is 0.0181. The lowest BCUT2D eigenvalue weighted by Gasteiger charge is -2.35. The van der Waals surface area contributed by atoms with Crippen LogP contribution in [0.3, 0.4) is 0 Å². The zero-order valence-electron chi connectivity index (χ0n) is 14.8. The number of nitrogens with zero attached hydrogens (tertiary/aromatic N) is 2. The highest BCUT2D eigenvalue weighted by molar-refractivity contribution is 5.46. The summed E-state index contributed by atoms with van der Waals surface area (Å²) in [6.45, 7) is 5.76. The summed E-state index contributed by atoms with van der Waals surface area (Å²) in [5.74, 6) is 1.27. The first-order valence-corrected chi connectivity index (χ1v) is 8.90. The van der Waals surface area contributed by atoms with Gasteiger partial charge in [-0.25, -0.2) is 0 Å². The van der Waals surface area contributed by atoms with Crippen molar-refractivity contribution >= 4 is 0 Å². The molecular formula is C19H26N2O4. The van der Waals surface area contributed by atoms with Crippen molar-refractivity contribution in [3.63, 3.8) is 0 Å². The number of nitriles is 1. The Hall–Kier alpha value is -1.81. The highest BCUT2D eigenvalue weighted by Gasteiger charge is 2.35. The molecule has 0 unspecified atom stereocenters. The molecule has 0 amide bonds. The van der Waals surface area contributed by atoms with E-state index in [0.29, 0.717) is 23.7 Å². The van der Waals surface area contributed by atoms with Crippen LogP contribution in [0.5, 0.6) is 11.5 Å². The van der Waals surface area contributed by atoms with Gasteiger partial charge in [0.25, 0.3) is 0 Å². The minimum atomic E-state index is 0.0181. The van der Waals surface area contributed by atoms with Crippen LogP contribution in [0.2, 0.25) is 0 Å². The van der Waals surface area contributed by atoms with Gasteiger partial charge in [0.05, 0.1) is 31.0 Å². The fourth-order valence-corrected chi connectivity index (χ4v) is 3.44. The first-order valence-electron chi connectivity index (χ1n) is 8.90. The molecule has 2 saturated heterocycles. The Morgan fingerprint density at radius 2 is 2.00 bits per heavy atom. The Bertz CT molecular complexity index is 608. The standard InChI is InChI=1S/C19H26N2O4/c1-22-18-14-16(15-20)2-3-17(18)24-12-8-21-7-4-19(25-13-9-21)5-10-23-11-6-19/h2-3,14H,4-13H2,1H3. The van der Waals surface area contributed by atoms with Crippen molar-refractivity contribution < 1.29 is 18.9 Å². The molecule has 0 saturated carbocycles. The lowest BCUT2D eigenvalue weighted by Crippen LogP contribution is -2.39. The molecule has 1 aromatic carbocycles. The molecule has 2 fully saturated rings. The highest BCUT2D eigenvalue weighted by atomic mass is 16.5. The zero-order valence-corrected chi connectivity index (χ0v) is 14.8. The highest BCUT2D eigenvalue weighted by Crippen LogP contribution is 2.31. The van der Waals surface area contributed by atoms with Gasteiger partial charge in [0, 0.05) is 38.9 Å². The number of benzene rings is 1. The van der Waals surface area contributed by atoms with Crippen LogP contribution in [0, 0.1) is 11.3 Å². The number of rotatable bonds is 5. The van der Waals surface area contributed by atoms with E-state index in [1.807, 2.05) is 0 Å². The zero-order chi connectivity index (χ0) is 17.5. The summed E-state index contributed by atoms with van der Waals surface area (Å²) in [5, 5.41) is 8.95. The summed E-state index contributed by atoms with van der Waals surface area (Å²) in [4.78, 5) is 2.39. The second-order valence-electron chi connectivity index (χ2n) is 6.56. The Morgan fingerprint density at radius 3 is 2.76 bits per heavy atom. The van der Waals surface area contributed by atoms with Crippen molar-refractivity contribution in [1.29, 1.82) is 5.26 Å². The Morgan fingerprint density at radius 1 is 1.16 bits per heavy atom. The molecule has 2 heterocycles. The second kappa shape index (κ2) is 8.52. The molecule has 2 aliphatic heterocycles. The average molecular weight is 346 g/mol. The maximum Gasteiger partial charge on any atom is 0.162 e. The van der Waals surface area contributed by atoms with Gasteiger partial charge in [-0.1, -0.05) is 0 Å². The molecule has 0 radical (unpaired) electrons. The molecule has 0 bridgehead atoms. The second-order valence-corrected chi connectivity index (χ2v) is 6.56. The number of hydrogen-bond acceptors (Lipinski definition) is 6. The van der Waals surface area contributed by atoms with E-state index in [1.165, 1.54) is 0 Å². The maximum atomic E-state index is 8.95. The van der Waals surface area contributed by atoms with E-state index >= 15 is 0 Å². The van der Waals surface area contributed by atoms with Crippen molar-refractivity contribution in [3.05, 3.63) is 23.8 Å². The molecule has 0 atom stereocenters. The van der Waals surface area contributed by atoms with E-state index in [-0.39, 0.29) is 5.60 Å². The number of methoxy groups -OCH3 is 1. The maximum absolute atomic E-state index is 8.95. The van der Waals surface area contributed by atoms with Crippen molar-refractivity contribution in [2.24, 2.45) is 0 Å².